The van der Waals surface area contributed by atoms with Crippen molar-refractivity contribution in [3.05, 3.63) is 109 Å². The molecular formula is C26H22N8+2. The standard InChI is InChI=1S/C26H22N8/c1-2-6-20-19(5-1)27-23-13-31-9-10-33(17-31)15-25-26(30-22-8-4-3-7-21(22)29-25)16-34-12-11-32(18-34)14-24(23)28-20/h1-12,17-18H,13-16H2/q+2. The first-order chi connectivity index (χ1) is 16.8. The van der Waals surface area contributed by atoms with E-state index >= 15 is 0 Å². The number of fused-ring (bicyclic) bond motifs is 8. The molecule has 5 heterocycles. The molecule has 0 aliphatic carbocycles. The van der Waals surface area contributed by atoms with E-state index in [1.807, 2.05) is 48.5 Å². The van der Waals surface area contributed by atoms with Gasteiger partial charge in [-0.25, -0.2) is 38.2 Å². The third kappa shape index (κ3) is 3.40. The summed E-state index contributed by atoms with van der Waals surface area (Å²) in [5.74, 6) is 0. The van der Waals surface area contributed by atoms with Gasteiger partial charge in [0.2, 0.25) is 12.7 Å². The van der Waals surface area contributed by atoms with Crippen molar-refractivity contribution in [2.24, 2.45) is 0 Å². The smallest absolute Gasteiger partial charge is 0.244 e. The van der Waals surface area contributed by atoms with Gasteiger partial charge in [0.05, 0.1) is 22.1 Å². The second kappa shape index (κ2) is 7.55. The molecule has 0 fully saturated rings. The van der Waals surface area contributed by atoms with E-state index in [1.165, 1.54) is 0 Å². The summed E-state index contributed by atoms with van der Waals surface area (Å²) in [5.41, 5.74) is 7.58. The zero-order chi connectivity index (χ0) is 22.5. The van der Waals surface area contributed by atoms with Crippen molar-refractivity contribution < 1.29 is 9.13 Å². The van der Waals surface area contributed by atoms with Crippen molar-refractivity contribution in [1.82, 2.24) is 29.1 Å². The molecule has 0 amide bonds. The predicted octanol–water partition coefficient (Wildman–Crippen LogP) is 2.26. The molecule has 4 aromatic heterocycles. The molecule has 0 N–H and O–H groups in total. The van der Waals surface area contributed by atoms with Crippen LogP contribution in [0.15, 0.2) is 86.0 Å². The first-order valence-corrected chi connectivity index (χ1v) is 11.4. The molecule has 1 aliphatic heterocycles. The predicted molar refractivity (Wildman–Crippen MR) is 125 cm³/mol. The Morgan fingerprint density at radius 3 is 1.32 bits per heavy atom. The maximum absolute atomic E-state index is 4.98. The lowest BCUT2D eigenvalue weighted by Crippen LogP contribution is -2.34. The van der Waals surface area contributed by atoms with Crippen LogP contribution in [-0.4, -0.2) is 29.1 Å². The van der Waals surface area contributed by atoms with Crippen LogP contribution in [0.2, 0.25) is 0 Å². The van der Waals surface area contributed by atoms with Gasteiger partial charge in [0, 0.05) is 0 Å². The maximum Gasteiger partial charge on any atom is 0.244 e. The Morgan fingerprint density at radius 2 is 0.912 bits per heavy atom. The molecule has 0 spiro atoms. The van der Waals surface area contributed by atoms with Crippen LogP contribution in [0.25, 0.3) is 22.1 Å². The Morgan fingerprint density at radius 1 is 0.529 bits per heavy atom. The number of hydrogen-bond acceptors (Lipinski definition) is 4. The fourth-order valence-corrected chi connectivity index (χ4v) is 4.60. The van der Waals surface area contributed by atoms with Crippen LogP contribution in [0.4, 0.5) is 0 Å². The first kappa shape index (κ1) is 19.0. The average Bonchev–Trinajstić information content (AvgIpc) is 3.48. The number of nitrogens with zero attached hydrogens (tertiary/aromatic N) is 8. The molecule has 1 aliphatic rings. The summed E-state index contributed by atoms with van der Waals surface area (Å²) in [6.07, 6.45) is 12.5. The van der Waals surface area contributed by atoms with Gasteiger partial charge >= 0.3 is 0 Å². The monoisotopic (exact) mass is 446 g/mol. The topological polar surface area (TPSA) is 69.2 Å². The van der Waals surface area contributed by atoms with Crippen molar-refractivity contribution in [2.45, 2.75) is 26.2 Å². The lowest BCUT2D eigenvalue weighted by Gasteiger charge is -2.09. The molecule has 0 saturated heterocycles. The molecular weight excluding hydrogens is 424 g/mol. The maximum atomic E-state index is 4.98. The van der Waals surface area contributed by atoms with Crippen LogP contribution >= 0.6 is 0 Å². The van der Waals surface area contributed by atoms with Crippen LogP contribution < -0.4 is 9.13 Å². The van der Waals surface area contributed by atoms with E-state index in [9.17, 15) is 0 Å². The van der Waals surface area contributed by atoms with Gasteiger partial charge in [0.25, 0.3) is 0 Å². The fraction of sp³-hybridized carbons (Fsp3) is 0.154. The minimum Gasteiger partial charge on any atom is -0.245 e. The van der Waals surface area contributed by atoms with Gasteiger partial charge in [-0.3, -0.25) is 0 Å². The van der Waals surface area contributed by atoms with E-state index in [0.29, 0.717) is 26.2 Å². The molecule has 0 radical (unpaired) electrons. The van der Waals surface area contributed by atoms with Crippen LogP contribution in [0.5, 0.6) is 0 Å². The normalized spacial score (nSPS) is 13.4. The second-order valence-electron chi connectivity index (χ2n) is 8.73. The van der Waals surface area contributed by atoms with Crippen LogP contribution in [0, 0.1) is 0 Å². The molecule has 4 bridgehead atoms. The lowest BCUT2D eigenvalue weighted by molar-refractivity contribution is -0.689. The van der Waals surface area contributed by atoms with Gasteiger partial charge in [-0.15, -0.1) is 0 Å². The number of para-hydroxylation sites is 4. The highest BCUT2D eigenvalue weighted by molar-refractivity contribution is 5.74. The highest BCUT2D eigenvalue weighted by Crippen LogP contribution is 2.16. The summed E-state index contributed by atoms with van der Waals surface area (Å²) in [4.78, 5) is 19.9. The molecule has 0 unspecified atom stereocenters. The van der Waals surface area contributed by atoms with Gasteiger partial charge in [0.15, 0.2) is 0 Å². The Balaban J connectivity index is 1.38. The third-order valence-corrected chi connectivity index (χ3v) is 6.27. The van der Waals surface area contributed by atoms with Gasteiger partial charge in [-0.1, -0.05) is 24.3 Å². The number of hydrogen-bond donors (Lipinski definition) is 0. The quantitative estimate of drug-likeness (QED) is 0.335. The molecule has 8 nitrogen and oxygen atoms in total. The van der Waals surface area contributed by atoms with Gasteiger partial charge < -0.3 is 0 Å². The average molecular weight is 447 g/mol. The molecule has 0 saturated carbocycles. The second-order valence-corrected chi connectivity index (χ2v) is 8.73. The van der Waals surface area contributed by atoms with Crippen LogP contribution in [-0.2, 0) is 26.2 Å². The Hall–Kier alpha value is -4.46. The zero-order valence-electron chi connectivity index (χ0n) is 18.5. The van der Waals surface area contributed by atoms with Gasteiger partial charge in [-0.05, 0) is 24.3 Å². The fourth-order valence-electron chi connectivity index (χ4n) is 4.60. The highest BCUT2D eigenvalue weighted by atomic mass is 15.1. The summed E-state index contributed by atoms with van der Waals surface area (Å²) >= 11 is 0. The Bertz CT molecular complexity index is 1440. The third-order valence-electron chi connectivity index (χ3n) is 6.27. The van der Waals surface area contributed by atoms with Crippen molar-refractivity contribution in [2.75, 3.05) is 0 Å². The summed E-state index contributed by atoms with van der Waals surface area (Å²) in [5, 5.41) is 0. The number of rotatable bonds is 0. The van der Waals surface area contributed by atoms with E-state index in [1.54, 1.807) is 0 Å². The lowest BCUT2D eigenvalue weighted by atomic mass is 10.2. The molecule has 7 rings (SSSR count). The van der Waals surface area contributed by atoms with Gasteiger partial charge in [-0.2, -0.15) is 0 Å². The van der Waals surface area contributed by atoms with Crippen molar-refractivity contribution in [3.63, 3.8) is 0 Å². The molecule has 2 aromatic carbocycles. The SMILES string of the molecule is c1ccc2nc3c(nc2c1)Cn1cc[n+](c1)Cc1nc2ccccc2nc1Cn1cc[n+](c1)C3. The Kier molecular flexibility index (Phi) is 4.23. The van der Waals surface area contributed by atoms with Crippen molar-refractivity contribution in [1.29, 1.82) is 0 Å². The number of benzene rings is 2. The molecule has 0 atom stereocenters. The molecule has 8 heteroatoms. The van der Waals surface area contributed by atoms with Gasteiger partial charge in [0.1, 0.15) is 73.7 Å². The van der Waals surface area contributed by atoms with Crippen LogP contribution in [0.3, 0.4) is 0 Å². The largest absolute Gasteiger partial charge is 0.245 e. The van der Waals surface area contributed by atoms with Crippen LogP contribution in [0.1, 0.15) is 22.8 Å². The minimum absolute atomic E-state index is 0.650. The summed E-state index contributed by atoms with van der Waals surface area (Å²) in [6.45, 7) is 2.60. The summed E-state index contributed by atoms with van der Waals surface area (Å²) < 4.78 is 8.60. The number of imidazole rings is 2. The van der Waals surface area contributed by atoms with E-state index in [2.05, 4.69) is 55.7 Å². The van der Waals surface area contributed by atoms with Crippen molar-refractivity contribution in [3.8, 4) is 0 Å². The molecule has 164 valence electrons. The van der Waals surface area contributed by atoms with E-state index in [4.69, 9.17) is 19.9 Å². The van der Waals surface area contributed by atoms with Crippen molar-refractivity contribution >= 4 is 22.1 Å². The van der Waals surface area contributed by atoms with E-state index in [0.717, 1.165) is 44.8 Å². The number of aromatic nitrogens is 8. The zero-order valence-corrected chi connectivity index (χ0v) is 18.5. The summed E-state index contributed by atoms with van der Waals surface area (Å²) in [7, 11) is 0. The summed E-state index contributed by atoms with van der Waals surface area (Å²) in [6, 6.07) is 16.1. The Labute approximate surface area is 195 Å². The van der Waals surface area contributed by atoms with E-state index in [-0.39, 0.29) is 0 Å². The first-order valence-electron chi connectivity index (χ1n) is 11.4. The molecule has 6 aromatic rings. The molecule has 34 heavy (non-hydrogen) atoms. The van der Waals surface area contributed by atoms with E-state index < -0.39 is 0 Å². The highest BCUT2D eigenvalue weighted by Gasteiger charge is 2.20. The minimum atomic E-state index is 0.650.